The lowest BCUT2D eigenvalue weighted by Gasteiger charge is -2.30. The maximum atomic E-state index is 12.7. The van der Waals surface area contributed by atoms with Crippen LogP contribution in [-0.4, -0.2) is 16.0 Å². The summed E-state index contributed by atoms with van der Waals surface area (Å²) < 4.78 is 38.2. The number of nitrogen functional groups attached to an aromatic ring is 1. The molecule has 0 aromatic carbocycles. The molecule has 112 valence electrons. The molecule has 1 saturated carbocycles. The van der Waals surface area contributed by atoms with Crippen molar-refractivity contribution in [2.75, 3.05) is 10.7 Å². The Bertz CT molecular complexity index is 463. The van der Waals surface area contributed by atoms with Gasteiger partial charge in [-0.25, -0.2) is 15.8 Å². The number of halogens is 3. The number of nitrogens with one attached hydrogen (secondary N) is 2. The third-order valence-electron chi connectivity index (χ3n) is 3.57. The number of rotatable bonds is 3. The first-order chi connectivity index (χ1) is 9.40. The van der Waals surface area contributed by atoms with E-state index in [4.69, 9.17) is 5.84 Å². The Morgan fingerprint density at radius 3 is 2.45 bits per heavy atom. The molecule has 1 aromatic rings. The molecule has 1 heterocycles. The maximum Gasteiger partial charge on any atom is 0.451 e. The first-order valence-electron chi connectivity index (χ1n) is 6.59. The van der Waals surface area contributed by atoms with Crippen molar-refractivity contribution in [3.05, 3.63) is 11.9 Å². The van der Waals surface area contributed by atoms with E-state index in [0.29, 0.717) is 5.92 Å². The number of alkyl halides is 3. The van der Waals surface area contributed by atoms with Crippen LogP contribution in [0.3, 0.4) is 0 Å². The van der Waals surface area contributed by atoms with Crippen molar-refractivity contribution in [2.24, 2.45) is 11.8 Å². The van der Waals surface area contributed by atoms with Crippen molar-refractivity contribution in [2.45, 2.75) is 44.8 Å². The predicted molar refractivity (Wildman–Crippen MR) is 69.9 cm³/mol. The number of nitrogens with two attached hydrogens (primary N) is 1. The van der Waals surface area contributed by atoms with Gasteiger partial charge in [-0.3, -0.25) is 0 Å². The molecule has 2 atom stereocenters. The van der Waals surface area contributed by atoms with Crippen molar-refractivity contribution in [1.82, 2.24) is 9.97 Å². The molecule has 20 heavy (non-hydrogen) atoms. The molecule has 4 N–H and O–H groups in total. The summed E-state index contributed by atoms with van der Waals surface area (Å²) in [6.07, 6.45) is -0.371. The summed E-state index contributed by atoms with van der Waals surface area (Å²) in [5, 5.41) is 3.07. The predicted octanol–water partition coefficient (Wildman–Crippen LogP) is 2.77. The van der Waals surface area contributed by atoms with Gasteiger partial charge in [0.1, 0.15) is 11.6 Å². The van der Waals surface area contributed by atoms with Gasteiger partial charge in [0, 0.05) is 12.1 Å². The van der Waals surface area contributed by atoms with Crippen LogP contribution in [0.15, 0.2) is 6.07 Å². The molecule has 1 fully saturated rings. The van der Waals surface area contributed by atoms with Gasteiger partial charge in [-0.15, -0.1) is 0 Å². The summed E-state index contributed by atoms with van der Waals surface area (Å²) in [6.45, 7) is 2.09. The van der Waals surface area contributed by atoms with Gasteiger partial charge < -0.3 is 10.7 Å². The molecule has 0 saturated heterocycles. The molecule has 0 spiro atoms. The topological polar surface area (TPSA) is 75.9 Å². The van der Waals surface area contributed by atoms with Gasteiger partial charge in [0.05, 0.1) is 0 Å². The zero-order valence-electron chi connectivity index (χ0n) is 11.2. The lowest BCUT2D eigenvalue weighted by atomic mass is 9.86. The van der Waals surface area contributed by atoms with Crippen molar-refractivity contribution in [3.63, 3.8) is 0 Å². The second kappa shape index (κ2) is 5.82. The summed E-state index contributed by atoms with van der Waals surface area (Å²) in [4.78, 5) is 6.86. The minimum Gasteiger partial charge on any atom is -0.367 e. The number of aromatic nitrogens is 2. The largest absolute Gasteiger partial charge is 0.451 e. The fourth-order valence-corrected chi connectivity index (χ4v) is 2.44. The Hall–Kier alpha value is -1.57. The van der Waals surface area contributed by atoms with Crippen LogP contribution in [0.4, 0.5) is 24.8 Å². The summed E-state index contributed by atoms with van der Waals surface area (Å²) in [5.41, 5.74) is 2.14. The van der Waals surface area contributed by atoms with E-state index in [-0.39, 0.29) is 17.7 Å². The first-order valence-corrected chi connectivity index (χ1v) is 6.59. The van der Waals surface area contributed by atoms with Crippen molar-refractivity contribution < 1.29 is 13.2 Å². The van der Waals surface area contributed by atoms with E-state index >= 15 is 0 Å². The zero-order chi connectivity index (χ0) is 14.8. The van der Waals surface area contributed by atoms with E-state index in [0.717, 1.165) is 25.7 Å². The van der Waals surface area contributed by atoms with Crippen LogP contribution >= 0.6 is 0 Å². The Balaban J connectivity index is 2.22. The van der Waals surface area contributed by atoms with Crippen molar-refractivity contribution in [3.8, 4) is 0 Å². The highest BCUT2D eigenvalue weighted by Gasteiger charge is 2.35. The molecule has 1 aliphatic rings. The Kier molecular flexibility index (Phi) is 4.32. The Morgan fingerprint density at radius 1 is 1.20 bits per heavy atom. The number of nitrogens with zero attached hydrogens (tertiary/aromatic N) is 2. The lowest BCUT2D eigenvalue weighted by molar-refractivity contribution is -0.144. The maximum absolute atomic E-state index is 12.7. The first kappa shape index (κ1) is 14.8. The van der Waals surface area contributed by atoms with Crippen LogP contribution in [0.25, 0.3) is 0 Å². The Labute approximate surface area is 115 Å². The number of hydrazine groups is 1. The molecule has 8 heteroatoms. The average molecular weight is 289 g/mol. The highest BCUT2D eigenvalue weighted by molar-refractivity contribution is 5.47. The fourth-order valence-electron chi connectivity index (χ4n) is 2.44. The van der Waals surface area contributed by atoms with Gasteiger partial charge in [-0.05, 0) is 18.8 Å². The molecule has 1 aliphatic carbocycles. The van der Waals surface area contributed by atoms with E-state index in [1.807, 2.05) is 0 Å². The SMILES string of the molecule is CC1CCCCC1Nc1cc(NN)nc(C(F)(F)F)n1. The molecular weight excluding hydrogens is 271 g/mol. The third kappa shape index (κ3) is 3.50. The Morgan fingerprint density at radius 2 is 1.85 bits per heavy atom. The molecule has 0 radical (unpaired) electrons. The van der Waals surface area contributed by atoms with E-state index in [1.54, 1.807) is 0 Å². The molecule has 0 amide bonds. The van der Waals surface area contributed by atoms with Gasteiger partial charge in [0.2, 0.25) is 5.82 Å². The molecule has 2 unspecified atom stereocenters. The smallest absolute Gasteiger partial charge is 0.367 e. The van der Waals surface area contributed by atoms with Crippen LogP contribution in [-0.2, 0) is 6.18 Å². The van der Waals surface area contributed by atoms with Crippen LogP contribution in [0.5, 0.6) is 0 Å². The second-order valence-electron chi connectivity index (χ2n) is 5.12. The van der Waals surface area contributed by atoms with Crippen LogP contribution < -0.4 is 16.6 Å². The summed E-state index contributed by atoms with van der Waals surface area (Å²) in [7, 11) is 0. The molecule has 1 aromatic heterocycles. The number of hydrogen-bond donors (Lipinski definition) is 3. The summed E-state index contributed by atoms with van der Waals surface area (Å²) in [5.74, 6) is 4.46. The lowest BCUT2D eigenvalue weighted by Crippen LogP contribution is -2.31. The molecular formula is C12H18F3N5. The van der Waals surface area contributed by atoms with Crippen LogP contribution in [0.2, 0.25) is 0 Å². The number of hydrogen-bond acceptors (Lipinski definition) is 5. The van der Waals surface area contributed by atoms with Gasteiger partial charge in [0.25, 0.3) is 0 Å². The fraction of sp³-hybridized carbons (Fsp3) is 0.667. The van der Waals surface area contributed by atoms with Gasteiger partial charge in [0.15, 0.2) is 0 Å². The van der Waals surface area contributed by atoms with Crippen LogP contribution in [0.1, 0.15) is 38.4 Å². The quantitative estimate of drug-likeness (QED) is 0.589. The van der Waals surface area contributed by atoms with Gasteiger partial charge in [-0.2, -0.15) is 13.2 Å². The third-order valence-corrected chi connectivity index (χ3v) is 3.57. The molecule has 2 rings (SSSR count). The molecule has 0 bridgehead atoms. The van der Waals surface area contributed by atoms with Crippen molar-refractivity contribution >= 4 is 11.6 Å². The summed E-state index contributed by atoms with van der Waals surface area (Å²) in [6, 6.07) is 1.52. The highest BCUT2D eigenvalue weighted by Crippen LogP contribution is 2.30. The minimum absolute atomic E-state index is 0.0571. The minimum atomic E-state index is -4.60. The standard InChI is InChI=1S/C12H18F3N5/c1-7-4-2-3-5-8(7)17-9-6-10(20-16)19-11(18-9)12(13,14)15/h6-8H,2-5,16H2,1H3,(H2,17,18,19,20). The molecule has 0 aliphatic heterocycles. The van der Waals surface area contributed by atoms with Crippen LogP contribution in [0, 0.1) is 5.92 Å². The van der Waals surface area contributed by atoms with E-state index < -0.39 is 12.0 Å². The van der Waals surface area contributed by atoms with Crippen molar-refractivity contribution in [1.29, 1.82) is 0 Å². The zero-order valence-corrected chi connectivity index (χ0v) is 11.2. The van der Waals surface area contributed by atoms with Gasteiger partial charge in [-0.1, -0.05) is 19.8 Å². The second-order valence-corrected chi connectivity index (χ2v) is 5.12. The van der Waals surface area contributed by atoms with Gasteiger partial charge >= 0.3 is 6.18 Å². The normalized spacial score (nSPS) is 23.4. The molecule has 5 nitrogen and oxygen atoms in total. The van der Waals surface area contributed by atoms with E-state index in [9.17, 15) is 13.2 Å². The summed E-state index contributed by atoms with van der Waals surface area (Å²) >= 11 is 0. The monoisotopic (exact) mass is 289 g/mol. The average Bonchev–Trinajstić information content (AvgIpc) is 2.40. The highest BCUT2D eigenvalue weighted by atomic mass is 19.4. The van der Waals surface area contributed by atoms with E-state index in [2.05, 4.69) is 27.6 Å². The number of anilines is 2. The van der Waals surface area contributed by atoms with E-state index in [1.165, 1.54) is 6.07 Å².